The third kappa shape index (κ3) is 1.81. The maximum atomic E-state index is 5.84. The van der Waals surface area contributed by atoms with E-state index < -0.39 is 0 Å². The van der Waals surface area contributed by atoms with Gasteiger partial charge in [-0.1, -0.05) is 0 Å². The second-order valence-electron chi connectivity index (χ2n) is 3.52. The maximum absolute atomic E-state index is 5.84. The summed E-state index contributed by atoms with van der Waals surface area (Å²) in [5, 5.41) is 0. The van der Waals surface area contributed by atoms with Gasteiger partial charge >= 0.3 is 0 Å². The molecule has 0 atom stereocenters. The zero-order chi connectivity index (χ0) is 10.9. The number of hydrogen-bond donors (Lipinski definition) is 1. The van der Waals surface area contributed by atoms with Gasteiger partial charge in [0.25, 0.3) is 0 Å². The zero-order valence-electron chi connectivity index (χ0n) is 8.95. The highest BCUT2D eigenvalue weighted by molar-refractivity contribution is 8.16. The lowest BCUT2D eigenvalue weighted by Crippen LogP contribution is -2.26. The smallest absolute Gasteiger partial charge is 0.124 e. The quantitative estimate of drug-likeness (QED) is 0.638. The van der Waals surface area contributed by atoms with Gasteiger partial charge in [0.1, 0.15) is 5.75 Å². The van der Waals surface area contributed by atoms with Crippen LogP contribution in [0.2, 0.25) is 0 Å². The van der Waals surface area contributed by atoms with Crippen molar-refractivity contribution in [2.75, 3.05) is 24.9 Å². The Balaban J connectivity index is 2.53. The van der Waals surface area contributed by atoms with Gasteiger partial charge in [0.15, 0.2) is 0 Å². The van der Waals surface area contributed by atoms with Crippen LogP contribution in [0.4, 0.5) is 5.69 Å². The van der Waals surface area contributed by atoms with Crippen molar-refractivity contribution >= 4 is 29.2 Å². The zero-order valence-corrected chi connectivity index (χ0v) is 10.6. The van der Waals surface area contributed by atoms with Crippen molar-refractivity contribution < 1.29 is 4.74 Å². The molecule has 1 aromatic rings. The second kappa shape index (κ2) is 4.18. The molecule has 0 aliphatic carbocycles. The minimum absolute atomic E-state index is 0.114. The number of anilines is 1. The molecular weight excluding hydrogens is 226 g/mol. The van der Waals surface area contributed by atoms with E-state index in [0.717, 1.165) is 24.5 Å². The first-order chi connectivity index (χ1) is 7.22. The lowest BCUT2D eigenvalue weighted by atomic mass is 10.0. The SMILES string of the molecule is CSC1(SC)CCOc2ccc(N)cc21. The van der Waals surface area contributed by atoms with Crippen molar-refractivity contribution in [3.05, 3.63) is 23.8 Å². The van der Waals surface area contributed by atoms with Crippen LogP contribution in [-0.4, -0.2) is 19.1 Å². The molecule has 0 aromatic heterocycles. The van der Waals surface area contributed by atoms with Crippen LogP contribution in [0.25, 0.3) is 0 Å². The van der Waals surface area contributed by atoms with Crippen molar-refractivity contribution in [2.24, 2.45) is 0 Å². The van der Waals surface area contributed by atoms with Crippen molar-refractivity contribution in [2.45, 2.75) is 10.5 Å². The predicted octanol–water partition coefficient (Wildman–Crippen LogP) is 2.93. The van der Waals surface area contributed by atoms with E-state index in [4.69, 9.17) is 10.5 Å². The molecule has 2 rings (SSSR count). The monoisotopic (exact) mass is 241 g/mol. The first kappa shape index (κ1) is 11.0. The molecule has 2 nitrogen and oxygen atoms in total. The molecule has 4 heteroatoms. The third-order valence-corrected chi connectivity index (χ3v) is 5.93. The fraction of sp³-hybridized carbons (Fsp3) is 0.455. The van der Waals surface area contributed by atoms with Gasteiger partial charge < -0.3 is 10.5 Å². The van der Waals surface area contributed by atoms with Crippen LogP contribution in [0.15, 0.2) is 18.2 Å². The summed E-state index contributed by atoms with van der Waals surface area (Å²) < 4.78 is 5.77. The van der Waals surface area contributed by atoms with E-state index in [9.17, 15) is 0 Å². The van der Waals surface area contributed by atoms with Gasteiger partial charge in [-0.2, -0.15) is 0 Å². The summed E-state index contributed by atoms with van der Waals surface area (Å²) in [7, 11) is 0. The Bertz CT molecular complexity index is 364. The van der Waals surface area contributed by atoms with Gasteiger partial charge in [0.2, 0.25) is 0 Å². The highest BCUT2D eigenvalue weighted by Gasteiger charge is 2.36. The Morgan fingerprint density at radius 2 is 2.07 bits per heavy atom. The Kier molecular flexibility index (Phi) is 3.07. The molecule has 1 aromatic carbocycles. The summed E-state index contributed by atoms with van der Waals surface area (Å²) >= 11 is 3.74. The van der Waals surface area contributed by atoms with Gasteiger partial charge in [0, 0.05) is 17.7 Å². The molecule has 0 bridgehead atoms. The van der Waals surface area contributed by atoms with Crippen LogP contribution < -0.4 is 10.5 Å². The molecule has 1 aliphatic rings. The normalized spacial score (nSPS) is 18.0. The summed E-state index contributed by atoms with van der Waals surface area (Å²) in [5.41, 5.74) is 7.88. The molecule has 0 saturated carbocycles. The molecule has 1 heterocycles. The van der Waals surface area contributed by atoms with Gasteiger partial charge in [-0.3, -0.25) is 0 Å². The fourth-order valence-corrected chi connectivity index (χ4v) is 3.91. The number of benzene rings is 1. The molecule has 2 N–H and O–H groups in total. The van der Waals surface area contributed by atoms with E-state index in [1.165, 1.54) is 5.56 Å². The van der Waals surface area contributed by atoms with Crippen LogP contribution in [-0.2, 0) is 4.08 Å². The van der Waals surface area contributed by atoms with E-state index in [0.29, 0.717) is 0 Å². The summed E-state index contributed by atoms with van der Waals surface area (Å²) in [6, 6.07) is 5.92. The van der Waals surface area contributed by atoms with Crippen LogP contribution in [0, 0.1) is 0 Å². The second-order valence-corrected chi connectivity index (χ2v) is 5.98. The lowest BCUT2D eigenvalue weighted by molar-refractivity contribution is 0.280. The van der Waals surface area contributed by atoms with Crippen molar-refractivity contribution in [1.29, 1.82) is 0 Å². The molecule has 82 valence electrons. The Labute approximate surface area is 98.9 Å². The fourth-order valence-electron chi connectivity index (χ4n) is 1.91. The molecule has 0 radical (unpaired) electrons. The average Bonchev–Trinajstić information content (AvgIpc) is 2.28. The number of ether oxygens (including phenoxy) is 1. The van der Waals surface area contributed by atoms with Crippen molar-refractivity contribution in [3.63, 3.8) is 0 Å². The van der Waals surface area contributed by atoms with Crippen molar-refractivity contribution in [1.82, 2.24) is 0 Å². The van der Waals surface area contributed by atoms with Crippen LogP contribution in [0.1, 0.15) is 12.0 Å². The van der Waals surface area contributed by atoms with E-state index >= 15 is 0 Å². The molecule has 15 heavy (non-hydrogen) atoms. The summed E-state index contributed by atoms with van der Waals surface area (Å²) in [4.78, 5) is 0. The molecule has 0 unspecified atom stereocenters. The highest BCUT2D eigenvalue weighted by atomic mass is 32.2. The van der Waals surface area contributed by atoms with Gasteiger partial charge in [-0.25, -0.2) is 0 Å². The number of nitrogens with two attached hydrogens (primary N) is 1. The minimum Gasteiger partial charge on any atom is -0.493 e. The summed E-state index contributed by atoms with van der Waals surface area (Å²) in [6.45, 7) is 0.790. The number of rotatable bonds is 2. The Hall–Kier alpha value is -0.480. The van der Waals surface area contributed by atoms with E-state index in [1.807, 2.05) is 41.7 Å². The van der Waals surface area contributed by atoms with E-state index in [-0.39, 0.29) is 4.08 Å². The maximum Gasteiger partial charge on any atom is 0.124 e. The lowest BCUT2D eigenvalue weighted by Gasteiger charge is -2.36. The predicted molar refractivity (Wildman–Crippen MR) is 69.7 cm³/mol. The number of hydrogen-bond acceptors (Lipinski definition) is 4. The first-order valence-electron chi connectivity index (χ1n) is 4.85. The molecular formula is C11H15NOS2. The first-order valence-corrected chi connectivity index (χ1v) is 7.30. The van der Waals surface area contributed by atoms with E-state index in [2.05, 4.69) is 12.5 Å². The highest BCUT2D eigenvalue weighted by Crippen LogP contribution is 2.52. The topological polar surface area (TPSA) is 35.2 Å². The molecule has 0 saturated heterocycles. The van der Waals surface area contributed by atoms with Gasteiger partial charge in [0.05, 0.1) is 10.7 Å². The van der Waals surface area contributed by atoms with Gasteiger partial charge in [-0.15, -0.1) is 23.5 Å². The van der Waals surface area contributed by atoms with Crippen LogP contribution in [0.5, 0.6) is 5.75 Å². The molecule has 0 amide bonds. The number of fused-ring (bicyclic) bond motifs is 1. The standard InChI is InChI=1S/C11H15NOS2/c1-14-11(15-2)5-6-13-10-4-3-8(12)7-9(10)11/h3-4,7H,5-6,12H2,1-2H3. The molecule has 0 spiro atoms. The minimum atomic E-state index is 0.114. The largest absolute Gasteiger partial charge is 0.493 e. The van der Waals surface area contributed by atoms with Gasteiger partial charge in [-0.05, 0) is 30.7 Å². The Morgan fingerprint density at radius 3 is 2.73 bits per heavy atom. The molecule has 0 fully saturated rings. The number of nitrogen functional groups attached to an aromatic ring is 1. The third-order valence-electron chi connectivity index (χ3n) is 2.76. The summed E-state index contributed by atoms with van der Waals surface area (Å²) in [5.74, 6) is 0.985. The van der Waals surface area contributed by atoms with E-state index in [1.54, 1.807) is 0 Å². The van der Waals surface area contributed by atoms with Crippen LogP contribution >= 0.6 is 23.5 Å². The van der Waals surface area contributed by atoms with Crippen LogP contribution in [0.3, 0.4) is 0 Å². The van der Waals surface area contributed by atoms with Crippen molar-refractivity contribution in [3.8, 4) is 5.75 Å². The Morgan fingerprint density at radius 1 is 1.33 bits per heavy atom. The molecule has 1 aliphatic heterocycles. The average molecular weight is 241 g/mol. The summed E-state index contributed by atoms with van der Waals surface area (Å²) in [6.07, 6.45) is 5.33. The number of thioether (sulfide) groups is 2.